The molecule has 0 saturated heterocycles. The average Bonchev–Trinajstić information content (AvgIpc) is 2.60. The Morgan fingerprint density at radius 2 is 2.06 bits per heavy atom. The average molecular weight is 249 g/mol. The molecule has 0 fully saturated rings. The lowest BCUT2D eigenvalue weighted by molar-refractivity contribution is 0.198. The second-order valence-electron chi connectivity index (χ2n) is 4.30. The monoisotopic (exact) mass is 249 g/mol. The van der Waals surface area contributed by atoms with Crippen molar-refractivity contribution in [1.82, 2.24) is 19.7 Å². The summed E-state index contributed by atoms with van der Waals surface area (Å²) >= 11 is 0. The molecule has 0 aliphatic carbocycles. The lowest BCUT2D eigenvalue weighted by Crippen LogP contribution is -2.09. The summed E-state index contributed by atoms with van der Waals surface area (Å²) in [7, 11) is 3.62. The van der Waals surface area contributed by atoms with Gasteiger partial charge in [-0.05, 0) is 20.3 Å². The van der Waals surface area contributed by atoms with Crippen LogP contribution in [0.4, 0.5) is 5.82 Å². The number of nitrogens with zero attached hydrogens (tertiary/aromatic N) is 4. The lowest BCUT2D eigenvalue weighted by Gasteiger charge is -2.08. The summed E-state index contributed by atoms with van der Waals surface area (Å²) in [5.74, 6) is 1.60. The van der Waals surface area contributed by atoms with Gasteiger partial charge in [0.1, 0.15) is 16.9 Å². The third-order valence-electron chi connectivity index (χ3n) is 2.78. The standard InChI is InChI=1S/C12H19N5O/c1-8-10-11(17(3)16-8)12(15-9(2)14-10)13-6-5-7-18-4/h5-7H2,1-4H3,(H,13,14,15). The van der Waals surface area contributed by atoms with Gasteiger partial charge >= 0.3 is 0 Å². The minimum absolute atomic E-state index is 0.741. The number of ether oxygens (including phenoxy) is 1. The van der Waals surface area contributed by atoms with Crippen LogP contribution in [0.2, 0.25) is 0 Å². The highest BCUT2D eigenvalue weighted by Crippen LogP contribution is 2.22. The van der Waals surface area contributed by atoms with Gasteiger partial charge in [-0.25, -0.2) is 9.97 Å². The van der Waals surface area contributed by atoms with Crippen LogP contribution in [0, 0.1) is 13.8 Å². The molecule has 0 aromatic carbocycles. The Hall–Kier alpha value is -1.69. The van der Waals surface area contributed by atoms with Crippen LogP contribution in [0.1, 0.15) is 17.9 Å². The minimum Gasteiger partial charge on any atom is -0.385 e. The SMILES string of the molecule is COCCCNc1nc(C)nc2c(C)nn(C)c12. The molecule has 2 aromatic rings. The Kier molecular flexibility index (Phi) is 3.76. The summed E-state index contributed by atoms with van der Waals surface area (Å²) in [4.78, 5) is 8.89. The van der Waals surface area contributed by atoms with Crippen molar-refractivity contribution in [3.63, 3.8) is 0 Å². The van der Waals surface area contributed by atoms with Gasteiger partial charge in [0, 0.05) is 27.3 Å². The normalized spacial score (nSPS) is 11.1. The van der Waals surface area contributed by atoms with E-state index in [1.54, 1.807) is 7.11 Å². The summed E-state index contributed by atoms with van der Waals surface area (Å²) in [6.07, 6.45) is 0.942. The maximum absolute atomic E-state index is 5.03. The number of hydrogen-bond acceptors (Lipinski definition) is 5. The van der Waals surface area contributed by atoms with Gasteiger partial charge in [-0.15, -0.1) is 0 Å². The number of hydrogen-bond donors (Lipinski definition) is 1. The Labute approximate surface area is 106 Å². The molecule has 6 heteroatoms. The van der Waals surface area contributed by atoms with Gasteiger partial charge in [0.05, 0.1) is 5.69 Å². The van der Waals surface area contributed by atoms with Crippen molar-refractivity contribution >= 4 is 16.9 Å². The molecule has 0 atom stereocenters. The maximum Gasteiger partial charge on any atom is 0.156 e. The van der Waals surface area contributed by atoms with Crippen molar-refractivity contribution in [3.05, 3.63) is 11.5 Å². The van der Waals surface area contributed by atoms with Crippen LogP contribution in [0.25, 0.3) is 11.0 Å². The van der Waals surface area contributed by atoms with Crippen LogP contribution < -0.4 is 5.32 Å². The van der Waals surface area contributed by atoms with E-state index in [0.717, 1.165) is 47.9 Å². The summed E-state index contributed by atoms with van der Waals surface area (Å²) in [5.41, 5.74) is 2.80. The molecule has 0 unspecified atom stereocenters. The van der Waals surface area contributed by atoms with Crippen LogP contribution in [-0.4, -0.2) is 40.0 Å². The smallest absolute Gasteiger partial charge is 0.156 e. The van der Waals surface area contributed by atoms with Crippen molar-refractivity contribution in [2.45, 2.75) is 20.3 Å². The number of aryl methyl sites for hydroxylation is 3. The Morgan fingerprint density at radius 3 is 2.78 bits per heavy atom. The molecule has 0 aliphatic heterocycles. The van der Waals surface area contributed by atoms with E-state index in [2.05, 4.69) is 20.4 Å². The quantitative estimate of drug-likeness (QED) is 0.812. The zero-order valence-corrected chi connectivity index (χ0v) is 11.3. The molecule has 18 heavy (non-hydrogen) atoms. The molecular weight excluding hydrogens is 230 g/mol. The molecule has 0 saturated carbocycles. The molecule has 0 spiro atoms. The van der Waals surface area contributed by atoms with E-state index < -0.39 is 0 Å². The summed E-state index contributed by atoms with van der Waals surface area (Å²) in [6.45, 7) is 5.42. The van der Waals surface area contributed by atoms with Crippen LogP contribution in [0.3, 0.4) is 0 Å². The highest BCUT2D eigenvalue weighted by molar-refractivity contribution is 5.87. The molecular formula is C12H19N5O. The Balaban J connectivity index is 2.31. The van der Waals surface area contributed by atoms with E-state index in [4.69, 9.17) is 4.74 Å². The van der Waals surface area contributed by atoms with Crippen molar-refractivity contribution < 1.29 is 4.74 Å². The Bertz CT molecular complexity index is 549. The van der Waals surface area contributed by atoms with Gasteiger partial charge in [-0.1, -0.05) is 0 Å². The van der Waals surface area contributed by atoms with Gasteiger partial charge in [0.15, 0.2) is 5.82 Å². The van der Waals surface area contributed by atoms with E-state index in [-0.39, 0.29) is 0 Å². The molecule has 0 aliphatic rings. The first kappa shape index (κ1) is 12.8. The molecule has 0 radical (unpaired) electrons. The number of methoxy groups -OCH3 is 1. The van der Waals surface area contributed by atoms with Crippen LogP contribution in [0.15, 0.2) is 0 Å². The molecule has 98 valence electrons. The molecule has 2 heterocycles. The van der Waals surface area contributed by atoms with E-state index in [1.807, 2.05) is 25.6 Å². The first-order valence-corrected chi connectivity index (χ1v) is 6.04. The lowest BCUT2D eigenvalue weighted by atomic mass is 10.3. The minimum atomic E-state index is 0.741. The molecule has 2 aromatic heterocycles. The van der Waals surface area contributed by atoms with Crippen LogP contribution in [0.5, 0.6) is 0 Å². The third-order valence-corrected chi connectivity index (χ3v) is 2.78. The number of fused-ring (bicyclic) bond motifs is 1. The summed E-state index contributed by atoms with van der Waals surface area (Å²) in [6, 6.07) is 0. The molecule has 0 bridgehead atoms. The van der Waals surface area contributed by atoms with Crippen molar-refractivity contribution in [3.8, 4) is 0 Å². The van der Waals surface area contributed by atoms with E-state index in [1.165, 1.54) is 0 Å². The second kappa shape index (κ2) is 5.30. The molecule has 0 amide bonds. The number of aromatic nitrogens is 4. The Morgan fingerprint density at radius 1 is 1.28 bits per heavy atom. The van der Waals surface area contributed by atoms with Crippen LogP contribution in [-0.2, 0) is 11.8 Å². The fourth-order valence-corrected chi connectivity index (χ4v) is 1.99. The van der Waals surface area contributed by atoms with Crippen molar-refractivity contribution in [2.24, 2.45) is 7.05 Å². The highest BCUT2D eigenvalue weighted by Gasteiger charge is 2.13. The van der Waals surface area contributed by atoms with E-state index in [9.17, 15) is 0 Å². The highest BCUT2D eigenvalue weighted by atomic mass is 16.5. The summed E-state index contributed by atoms with van der Waals surface area (Å²) in [5, 5.41) is 7.71. The maximum atomic E-state index is 5.03. The number of nitrogens with one attached hydrogen (secondary N) is 1. The van der Waals surface area contributed by atoms with Gasteiger partial charge < -0.3 is 10.1 Å². The largest absolute Gasteiger partial charge is 0.385 e. The van der Waals surface area contributed by atoms with Gasteiger partial charge in [0.2, 0.25) is 0 Å². The molecule has 6 nitrogen and oxygen atoms in total. The fraction of sp³-hybridized carbons (Fsp3) is 0.583. The van der Waals surface area contributed by atoms with Gasteiger partial charge in [-0.3, -0.25) is 4.68 Å². The zero-order chi connectivity index (χ0) is 13.1. The predicted octanol–water partition coefficient (Wildman–Crippen LogP) is 1.43. The van der Waals surface area contributed by atoms with Gasteiger partial charge in [0.25, 0.3) is 0 Å². The van der Waals surface area contributed by atoms with Crippen molar-refractivity contribution in [2.75, 3.05) is 25.6 Å². The second-order valence-corrected chi connectivity index (χ2v) is 4.30. The predicted molar refractivity (Wildman–Crippen MR) is 70.8 cm³/mol. The fourth-order valence-electron chi connectivity index (χ4n) is 1.99. The topological polar surface area (TPSA) is 64.9 Å². The van der Waals surface area contributed by atoms with E-state index >= 15 is 0 Å². The zero-order valence-electron chi connectivity index (χ0n) is 11.3. The van der Waals surface area contributed by atoms with Crippen LogP contribution >= 0.6 is 0 Å². The molecule has 1 N–H and O–H groups in total. The molecule has 2 rings (SSSR count). The van der Waals surface area contributed by atoms with Crippen molar-refractivity contribution in [1.29, 1.82) is 0 Å². The number of rotatable bonds is 5. The van der Waals surface area contributed by atoms with Gasteiger partial charge in [-0.2, -0.15) is 5.10 Å². The summed E-state index contributed by atoms with van der Waals surface area (Å²) < 4.78 is 6.85. The first-order valence-electron chi connectivity index (χ1n) is 6.04. The van der Waals surface area contributed by atoms with E-state index in [0.29, 0.717) is 0 Å². The number of anilines is 1. The third kappa shape index (κ3) is 2.43. The first-order chi connectivity index (χ1) is 8.63.